The first-order valence-electron chi connectivity index (χ1n) is 7.90. The molecule has 136 valence electrons. The smallest absolute Gasteiger partial charge is 0.419 e. The number of halogens is 1. The molecule has 0 radical (unpaired) electrons. The maximum atomic E-state index is 12.5. The van der Waals surface area contributed by atoms with Crippen LogP contribution in [0.5, 0.6) is 0 Å². The van der Waals surface area contributed by atoms with Crippen LogP contribution in [0.15, 0.2) is 28.9 Å². The number of aromatic nitrogens is 1. The van der Waals surface area contributed by atoms with Gasteiger partial charge in [0.1, 0.15) is 11.2 Å². The molecule has 2 aromatic rings. The number of nitrogens with zero attached hydrogens (tertiary/aromatic N) is 1. The minimum absolute atomic E-state index is 0.469. The van der Waals surface area contributed by atoms with Crippen molar-refractivity contribution < 1.29 is 19.1 Å². The summed E-state index contributed by atoms with van der Waals surface area (Å²) < 4.78 is 12.9. The van der Waals surface area contributed by atoms with Gasteiger partial charge in [0.05, 0.1) is 11.2 Å². The lowest BCUT2D eigenvalue weighted by molar-refractivity contribution is 0.0542. The topological polar surface area (TPSA) is 69.6 Å². The van der Waals surface area contributed by atoms with Crippen LogP contribution in [0.1, 0.15) is 41.5 Å². The van der Waals surface area contributed by atoms with Crippen LogP contribution in [0.2, 0.25) is 0 Å². The Morgan fingerprint density at radius 3 is 2.20 bits per heavy atom. The molecule has 1 aromatic carbocycles. The average molecular weight is 411 g/mol. The van der Waals surface area contributed by atoms with E-state index in [0.29, 0.717) is 16.6 Å². The summed E-state index contributed by atoms with van der Waals surface area (Å²) >= 11 is 3.41. The van der Waals surface area contributed by atoms with Gasteiger partial charge in [0, 0.05) is 16.1 Å². The molecule has 0 bridgehead atoms. The minimum atomic E-state index is -0.623. The van der Waals surface area contributed by atoms with Gasteiger partial charge in [0.25, 0.3) is 0 Å². The molecule has 0 aliphatic rings. The molecule has 1 N–H and O–H groups in total. The van der Waals surface area contributed by atoms with Crippen LogP contribution in [0.3, 0.4) is 0 Å². The predicted octanol–water partition coefficient (Wildman–Crippen LogP) is 5.53. The molecule has 0 fully saturated rings. The molecular weight excluding hydrogens is 388 g/mol. The zero-order valence-corrected chi connectivity index (χ0v) is 16.9. The van der Waals surface area contributed by atoms with Gasteiger partial charge in [-0.3, -0.25) is 9.88 Å². The molecule has 0 saturated heterocycles. The zero-order valence-electron chi connectivity index (χ0n) is 15.3. The van der Waals surface area contributed by atoms with E-state index in [1.54, 1.807) is 47.6 Å². The normalized spacial score (nSPS) is 12.1. The fourth-order valence-corrected chi connectivity index (χ4v) is 2.54. The van der Waals surface area contributed by atoms with E-state index in [2.05, 4.69) is 21.2 Å². The summed E-state index contributed by atoms with van der Waals surface area (Å²) in [6.45, 7) is 10.8. The second kappa shape index (κ2) is 6.71. The Hall–Kier alpha value is -2.02. The van der Waals surface area contributed by atoms with E-state index in [-0.39, 0.29) is 0 Å². The van der Waals surface area contributed by atoms with Crippen LogP contribution in [0, 0.1) is 0 Å². The Kier molecular flexibility index (Phi) is 5.18. The third-order valence-corrected chi connectivity index (χ3v) is 3.49. The third kappa shape index (κ3) is 5.22. The van der Waals surface area contributed by atoms with Crippen molar-refractivity contribution in [3.8, 4) is 0 Å². The van der Waals surface area contributed by atoms with Gasteiger partial charge in [-0.1, -0.05) is 15.9 Å². The number of fused-ring (bicyclic) bond motifs is 1. The van der Waals surface area contributed by atoms with E-state index in [1.807, 2.05) is 12.1 Å². The second-order valence-electron chi connectivity index (χ2n) is 7.68. The Bertz CT molecular complexity index is 813. The lowest BCUT2D eigenvalue weighted by Crippen LogP contribution is -2.27. The molecule has 0 spiro atoms. The molecule has 0 unspecified atom stereocenters. The van der Waals surface area contributed by atoms with Crippen molar-refractivity contribution in [2.75, 3.05) is 5.32 Å². The van der Waals surface area contributed by atoms with E-state index >= 15 is 0 Å². The van der Waals surface area contributed by atoms with Crippen LogP contribution in [0.25, 0.3) is 10.9 Å². The number of amides is 1. The summed E-state index contributed by atoms with van der Waals surface area (Å²) in [5.41, 5.74) is -0.143. The van der Waals surface area contributed by atoms with Crippen molar-refractivity contribution in [2.24, 2.45) is 0 Å². The zero-order chi connectivity index (χ0) is 19.0. The number of rotatable bonds is 1. The van der Waals surface area contributed by atoms with Crippen molar-refractivity contribution in [3.05, 3.63) is 28.9 Å². The largest absolute Gasteiger partial charge is 0.444 e. The highest BCUT2D eigenvalue weighted by molar-refractivity contribution is 9.10. The van der Waals surface area contributed by atoms with Gasteiger partial charge in [-0.15, -0.1) is 0 Å². The third-order valence-electron chi connectivity index (χ3n) is 2.99. The van der Waals surface area contributed by atoms with Gasteiger partial charge < -0.3 is 9.47 Å². The quantitative estimate of drug-likeness (QED) is 0.670. The fraction of sp³-hybridized carbons (Fsp3) is 0.444. The highest BCUT2D eigenvalue weighted by atomic mass is 79.9. The van der Waals surface area contributed by atoms with Gasteiger partial charge in [-0.05, 0) is 59.7 Å². The molecule has 25 heavy (non-hydrogen) atoms. The molecular formula is C18H23BrN2O4. The monoisotopic (exact) mass is 410 g/mol. The number of anilines is 1. The molecule has 6 nitrogen and oxygen atoms in total. The van der Waals surface area contributed by atoms with Gasteiger partial charge in [-0.2, -0.15) is 0 Å². The van der Waals surface area contributed by atoms with Crippen molar-refractivity contribution in [1.82, 2.24) is 4.57 Å². The Morgan fingerprint density at radius 1 is 1.04 bits per heavy atom. The predicted molar refractivity (Wildman–Crippen MR) is 101 cm³/mol. The highest BCUT2D eigenvalue weighted by Gasteiger charge is 2.23. The van der Waals surface area contributed by atoms with Crippen molar-refractivity contribution in [3.63, 3.8) is 0 Å². The number of carbonyl (C=O) groups excluding carboxylic acids is 2. The van der Waals surface area contributed by atoms with E-state index in [4.69, 9.17) is 9.47 Å². The van der Waals surface area contributed by atoms with Crippen LogP contribution in [-0.4, -0.2) is 28.0 Å². The lowest BCUT2D eigenvalue weighted by atomic mass is 10.2. The van der Waals surface area contributed by atoms with Crippen molar-refractivity contribution in [1.29, 1.82) is 0 Å². The van der Waals surface area contributed by atoms with Crippen LogP contribution < -0.4 is 5.32 Å². The van der Waals surface area contributed by atoms with Crippen molar-refractivity contribution >= 4 is 44.7 Å². The minimum Gasteiger partial charge on any atom is -0.444 e. The van der Waals surface area contributed by atoms with Crippen LogP contribution >= 0.6 is 15.9 Å². The highest BCUT2D eigenvalue weighted by Crippen LogP contribution is 2.30. The van der Waals surface area contributed by atoms with Gasteiger partial charge in [-0.25, -0.2) is 9.59 Å². The van der Waals surface area contributed by atoms with E-state index in [9.17, 15) is 9.59 Å². The van der Waals surface area contributed by atoms with Gasteiger partial charge in [0.2, 0.25) is 0 Å². The molecule has 0 saturated carbocycles. The van der Waals surface area contributed by atoms with Gasteiger partial charge >= 0.3 is 12.2 Å². The van der Waals surface area contributed by atoms with E-state index in [1.165, 1.54) is 10.8 Å². The van der Waals surface area contributed by atoms with Crippen LogP contribution in [-0.2, 0) is 9.47 Å². The molecule has 0 aliphatic heterocycles. The SMILES string of the molecule is CC(C)(C)OC(=O)Nc1cn(C(=O)OC(C)(C)C)c2ccc(Br)cc12. The van der Waals surface area contributed by atoms with Crippen molar-refractivity contribution in [2.45, 2.75) is 52.7 Å². The first-order valence-corrected chi connectivity index (χ1v) is 8.69. The van der Waals surface area contributed by atoms with E-state index < -0.39 is 23.4 Å². The summed E-state index contributed by atoms with van der Waals surface area (Å²) in [5, 5.41) is 3.40. The number of hydrogen-bond acceptors (Lipinski definition) is 4. The molecule has 0 atom stereocenters. The lowest BCUT2D eigenvalue weighted by Gasteiger charge is -2.20. The molecule has 7 heteroatoms. The van der Waals surface area contributed by atoms with E-state index in [0.717, 1.165) is 4.47 Å². The second-order valence-corrected chi connectivity index (χ2v) is 8.60. The molecule has 2 rings (SSSR count). The standard InChI is InChI=1S/C18H23BrN2O4/c1-17(2,3)24-15(22)20-13-10-21(16(23)25-18(4,5)6)14-8-7-11(19)9-12(13)14/h7-10H,1-6H3,(H,20,22). The Labute approximate surface area is 155 Å². The first kappa shape index (κ1) is 19.3. The summed E-state index contributed by atoms with van der Waals surface area (Å²) in [5.74, 6) is 0. The number of carbonyl (C=O) groups is 2. The summed E-state index contributed by atoms with van der Waals surface area (Å²) in [6.07, 6.45) is 0.433. The summed E-state index contributed by atoms with van der Waals surface area (Å²) in [6, 6.07) is 5.42. The first-order chi connectivity index (χ1) is 11.4. The number of benzene rings is 1. The summed E-state index contributed by atoms with van der Waals surface area (Å²) in [7, 11) is 0. The number of nitrogens with one attached hydrogen (secondary N) is 1. The molecule has 0 aliphatic carbocycles. The van der Waals surface area contributed by atoms with Crippen LogP contribution in [0.4, 0.5) is 15.3 Å². The maximum Gasteiger partial charge on any atom is 0.419 e. The molecule has 1 heterocycles. The number of ether oxygens (including phenoxy) is 2. The number of hydrogen-bond donors (Lipinski definition) is 1. The maximum absolute atomic E-state index is 12.5. The fourth-order valence-electron chi connectivity index (χ4n) is 2.18. The Morgan fingerprint density at radius 2 is 1.64 bits per heavy atom. The Balaban J connectivity index is 2.42. The molecule has 1 aromatic heterocycles. The summed E-state index contributed by atoms with van der Waals surface area (Å²) in [4.78, 5) is 24.6. The average Bonchev–Trinajstić information content (AvgIpc) is 2.73. The van der Waals surface area contributed by atoms with Gasteiger partial charge in [0.15, 0.2) is 0 Å². The molecule has 1 amide bonds.